The van der Waals surface area contributed by atoms with E-state index >= 15 is 0 Å². The Labute approximate surface area is 162 Å². The van der Waals surface area contributed by atoms with Crippen LogP contribution in [-0.2, 0) is 6.18 Å². The van der Waals surface area contributed by atoms with Crippen molar-refractivity contribution >= 4 is 52.3 Å². The lowest BCUT2D eigenvalue weighted by atomic mass is 10.2. The zero-order chi connectivity index (χ0) is 19.5. The molecule has 1 amide bonds. The minimum Gasteiger partial charge on any atom is -0.298 e. The molecule has 0 atom stereocenters. The fourth-order valence-electron chi connectivity index (χ4n) is 1.84. The Bertz CT molecular complexity index is 831. The number of halogens is 5. The first-order valence-electron chi connectivity index (χ1n) is 6.92. The van der Waals surface area contributed by atoms with Crippen molar-refractivity contribution in [2.24, 2.45) is 0 Å². The molecule has 0 fully saturated rings. The maximum Gasteiger partial charge on any atom is 0.417 e. The average Bonchev–Trinajstić information content (AvgIpc) is 2.54. The molecule has 2 rings (SSSR count). The van der Waals surface area contributed by atoms with Crippen LogP contribution in [0.4, 0.5) is 19.0 Å². The molecule has 0 bridgehead atoms. The highest BCUT2D eigenvalue weighted by atomic mass is 35.5. The molecule has 11 heteroatoms. The summed E-state index contributed by atoms with van der Waals surface area (Å²) < 4.78 is 37.9. The molecule has 0 saturated heterocycles. The Morgan fingerprint density at radius 1 is 1.23 bits per heavy atom. The molecule has 0 aliphatic rings. The maximum atomic E-state index is 12.6. The number of hydrogen-bond acceptors (Lipinski definition) is 4. The molecule has 0 radical (unpaired) electrons. The summed E-state index contributed by atoms with van der Waals surface area (Å²) in [5, 5.41) is 3.75. The molecule has 0 unspecified atom stereocenters. The number of amides is 1. The Hall–Kier alpha value is -2.10. The molecule has 5 nitrogen and oxygen atoms in total. The Balaban J connectivity index is 2.02. The van der Waals surface area contributed by atoms with Crippen molar-refractivity contribution in [2.45, 2.75) is 6.18 Å². The second kappa shape index (κ2) is 8.07. The van der Waals surface area contributed by atoms with Gasteiger partial charge in [0, 0.05) is 23.8 Å². The van der Waals surface area contributed by atoms with E-state index in [1.165, 1.54) is 24.2 Å². The topological polar surface area (TPSA) is 57.3 Å². The third kappa shape index (κ3) is 5.20. The molecule has 0 aliphatic heterocycles. The van der Waals surface area contributed by atoms with Gasteiger partial charge in [0.2, 0.25) is 0 Å². The van der Waals surface area contributed by atoms with Crippen LogP contribution in [0, 0.1) is 0 Å². The van der Waals surface area contributed by atoms with Crippen LogP contribution in [-0.4, -0.2) is 23.1 Å². The number of nitrogens with zero attached hydrogens (tertiary/aromatic N) is 2. The predicted molar refractivity (Wildman–Crippen MR) is 97.3 cm³/mol. The van der Waals surface area contributed by atoms with Gasteiger partial charge >= 0.3 is 6.18 Å². The number of nitrogens with one attached hydrogen (secondary N) is 2. The molecular weight excluding hydrogens is 412 g/mol. The van der Waals surface area contributed by atoms with Gasteiger partial charge in [-0.15, -0.1) is 0 Å². The average molecular weight is 423 g/mol. The van der Waals surface area contributed by atoms with Crippen LogP contribution in [0.25, 0.3) is 0 Å². The number of carbonyl (C=O) groups excluding carboxylic acids is 1. The highest BCUT2D eigenvalue weighted by molar-refractivity contribution is 7.80. The molecule has 2 N–H and O–H groups in total. The SMILES string of the molecule is CN(NC(=S)NC(=O)c1ccc(Cl)cc1)c1ncc(C(F)(F)F)cc1Cl. The van der Waals surface area contributed by atoms with Crippen molar-refractivity contribution in [3.05, 3.63) is 57.7 Å². The van der Waals surface area contributed by atoms with E-state index in [1.807, 2.05) is 0 Å². The monoisotopic (exact) mass is 422 g/mol. The first-order chi connectivity index (χ1) is 12.1. The fourth-order valence-corrected chi connectivity index (χ4v) is 2.49. The van der Waals surface area contributed by atoms with Gasteiger partial charge in [0.1, 0.15) is 0 Å². The minimum absolute atomic E-state index is 0.00255. The lowest BCUT2D eigenvalue weighted by molar-refractivity contribution is -0.137. The lowest BCUT2D eigenvalue weighted by Crippen LogP contribution is -2.47. The van der Waals surface area contributed by atoms with E-state index in [0.717, 1.165) is 6.07 Å². The second-order valence-corrected chi connectivity index (χ2v) is 6.24. The summed E-state index contributed by atoms with van der Waals surface area (Å²) in [6.45, 7) is 0. The lowest BCUT2D eigenvalue weighted by Gasteiger charge is -2.22. The van der Waals surface area contributed by atoms with Crippen LogP contribution in [0.2, 0.25) is 10.0 Å². The van der Waals surface area contributed by atoms with Crippen LogP contribution in [0.3, 0.4) is 0 Å². The van der Waals surface area contributed by atoms with Crippen LogP contribution in [0.1, 0.15) is 15.9 Å². The van der Waals surface area contributed by atoms with Crippen molar-refractivity contribution in [2.75, 3.05) is 12.1 Å². The third-order valence-corrected chi connectivity index (χ3v) is 3.79. The third-order valence-electron chi connectivity index (χ3n) is 3.07. The van der Waals surface area contributed by atoms with Crippen LogP contribution >= 0.6 is 35.4 Å². The number of anilines is 1. The molecule has 2 aromatic rings. The van der Waals surface area contributed by atoms with E-state index in [4.69, 9.17) is 35.4 Å². The van der Waals surface area contributed by atoms with Gasteiger partial charge < -0.3 is 0 Å². The van der Waals surface area contributed by atoms with Gasteiger partial charge in [-0.2, -0.15) is 13.2 Å². The molecule has 0 spiro atoms. The van der Waals surface area contributed by atoms with Crippen LogP contribution < -0.4 is 15.8 Å². The van der Waals surface area contributed by atoms with Gasteiger partial charge in [0.25, 0.3) is 5.91 Å². The summed E-state index contributed by atoms with van der Waals surface area (Å²) in [4.78, 5) is 15.7. The number of alkyl halides is 3. The van der Waals surface area contributed by atoms with E-state index in [9.17, 15) is 18.0 Å². The minimum atomic E-state index is -4.55. The molecule has 1 aromatic heterocycles. The highest BCUT2D eigenvalue weighted by Crippen LogP contribution is 2.32. The van der Waals surface area contributed by atoms with Crippen molar-refractivity contribution < 1.29 is 18.0 Å². The van der Waals surface area contributed by atoms with Gasteiger partial charge in [0.15, 0.2) is 10.9 Å². The molecular formula is C15H11Cl2F3N4OS. The number of pyridine rings is 1. The van der Waals surface area contributed by atoms with E-state index < -0.39 is 17.6 Å². The van der Waals surface area contributed by atoms with Gasteiger partial charge in [-0.25, -0.2) is 4.98 Å². The summed E-state index contributed by atoms with van der Waals surface area (Å²) in [5.41, 5.74) is 1.94. The summed E-state index contributed by atoms with van der Waals surface area (Å²) in [5.74, 6) is -0.484. The van der Waals surface area contributed by atoms with Crippen molar-refractivity contribution in [1.82, 2.24) is 15.7 Å². The zero-order valence-electron chi connectivity index (χ0n) is 13.1. The molecule has 0 saturated carbocycles. The van der Waals surface area contributed by atoms with E-state index in [1.54, 1.807) is 12.1 Å². The fraction of sp³-hybridized carbons (Fsp3) is 0.133. The molecule has 138 valence electrons. The quantitative estimate of drug-likeness (QED) is 0.576. The van der Waals surface area contributed by atoms with Gasteiger partial charge in [-0.1, -0.05) is 23.2 Å². The van der Waals surface area contributed by atoms with E-state index in [-0.39, 0.29) is 16.0 Å². The van der Waals surface area contributed by atoms with Crippen molar-refractivity contribution in [3.8, 4) is 0 Å². The number of thiocarbonyl (C=S) groups is 1. The number of rotatable bonds is 3. The summed E-state index contributed by atoms with van der Waals surface area (Å²) in [7, 11) is 1.43. The summed E-state index contributed by atoms with van der Waals surface area (Å²) in [6.07, 6.45) is -3.91. The highest BCUT2D eigenvalue weighted by Gasteiger charge is 2.32. The standard InChI is InChI=1S/C15H11Cl2F3N4OS/c1-24(12-11(17)6-9(7-21-12)15(18,19)20)23-14(26)22-13(25)8-2-4-10(16)5-3-8/h2-7H,1H3,(H2,22,23,25,26). The number of aromatic nitrogens is 1. The zero-order valence-corrected chi connectivity index (χ0v) is 15.4. The van der Waals surface area contributed by atoms with Crippen molar-refractivity contribution in [3.63, 3.8) is 0 Å². The number of hydrogen-bond donors (Lipinski definition) is 2. The smallest absolute Gasteiger partial charge is 0.298 e. The largest absolute Gasteiger partial charge is 0.417 e. The van der Waals surface area contributed by atoms with Crippen molar-refractivity contribution in [1.29, 1.82) is 0 Å². The van der Waals surface area contributed by atoms with E-state index in [2.05, 4.69) is 15.7 Å². The first-order valence-corrected chi connectivity index (χ1v) is 8.08. The Morgan fingerprint density at radius 2 is 1.85 bits per heavy atom. The van der Waals surface area contributed by atoms with Crippen LogP contribution in [0.5, 0.6) is 0 Å². The maximum absolute atomic E-state index is 12.6. The molecule has 1 heterocycles. The Kier molecular flexibility index (Phi) is 6.27. The van der Waals surface area contributed by atoms with E-state index in [0.29, 0.717) is 16.8 Å². The number of hydrazine groups is 1. The van der Waals surface area contributed by atoms with Crippen LogP contribution in [0.15, 0.2) is 36.5 Å². The van der Waals surface area contributed by atoms with Gasteiger partial charge in [-0.3, -0.25) is 20.5 Å². The second-order valence-electron chi connectivity index (χ2n) is 4.99. The summed E-state index contributed by atoms with van der Waals surface area (Å²) in [6, 6.07) is 6.86. The predicted octanol–water partition coefficient (Wildman–Crippen LogP) is 4.06. The number of benzene rings is 1. The van der Waals surface area contributed by atoms with Gasteiger partial charge in [-0.05, 0) is 42.5 Å². The molecule has 1 aromatic carbocycles. The molecule has 0 aliphatic carbocycles. The summed E-state index contributed by atoms with van der Waals surface area (Å²) >= 11 is 16.6. The first kappa shape index (κ1) is 20.2. The van der Waals surface area contributed by atoms with Gasteiger partial charge in [0.05, 0.1) is 10.6 Å². The molecule has 26 heavy (non-hydrogen) atoms. The normalized spacial score (nSPS) is 11.0. The Morgan fingerprint density at radius 3 is 2.38 bits per heavy atom. The number of carbonyl (C=O) groups is 1.